The molecule has 2 unspecified atom stereocenters. The lowest BCUT2D eigenvalue weighted by Crippen LogP contribution is -2.53. The first-order valence-electron chi connectivity index (χ1n) is 7.57. The molecule has 0 radical (unpaired) electrons. The van der Waals surface area contributed by atoms with Crippen LogP contribution in [0, 0.1) is 5.41 Å². The van der Waals surface area contributed by atoms with Crippen molar-refractivity contribution in [3.05, 3.63) is 0 Å². The first-order valence-corrected chi connectivity index (χ1v) is 7.57. The van der Waals surface area contributed by atoms with Crippen molar-refractivity contribution < 1.29 is 4.74 Å². The Morgan fingerprint density at radius 3 is 2.83 bits per heavy atom. The van der Waals surface area contributed by atoms with Crippen LogP contribution in [0.5, 0.6) is 0 Å². The van der Waals surface area contributed by atoms with Crippen LogP contribution in [0.15, 0.2) is 0 Å². The number of morpholine rings is 1. The van der Waals surface area contributed by atoms with Crippen molar-refractivity contribution in [2.45, 2.75) is 65.1 Å². The normalized spacial score (nSPS) is 29.8. The summed E-state index contributed by atoms with van der Waals surface area (Å²) in [5.74, 6) is 0. The minimum atomic E-state index is 0.342. The predicted molar refractivity (Wildman–Crippen MR) is 75.9 cm³/mol. The molecule has 0 aromatic carbocycles. The summed E-state index contributed by atoms with van der Waals surface area (Å²) in [6.07, 6.45) is 4.47. The zero-order chi connectivity index (χ0) is 13.2. The highest BCUT2D eigenvalue weighted by molar-refractivity contribution is 4.91. The molecule has 1 aliphatic carbocycles. The first kappa shape index (κ1) is 14.3. The molecule has 3 heteroatoms. The molecule has 0 aromatic heterocycles. The Hall–Kier alpha value is -0.120. The summed E-state index contributed by atoms with van der Waals surface area (Å²) < 4.78 is 5.89. The molecule has 2 rings (SSSR count). The summed E-state index contributed by atoms with van der Waals surface area (Å²) in [4.78, 5) is 2.68. The van der Waals surface area contributed by atoms with E-state index < -0.39 is 0 Å². The van der Waals surface area contributed by atoms with E-state index in [1.54, 1.807) is 0 Å². The third-order valence-electron chi connectivity index (χ3n) is 4.22. The largest absolute Gasteiger partial charge is 0.375 e. The van der Waals surface area contributed by atoms with E-state index in [0.29, 0.717) is 23.6 Å². The SMILES string of the molecule is CC(C)NCC(C)(C)CN1CCOC2CCCC21. The Morgan fingerprint density at radius 2 is 2.11 bits per heavy atom. The summed E-state index contributed by atoms with van der Waals surface area (Å²) in [5, 5.41) is 3.58. The highest BCUT2D eigenvalue weighted by Crippen LogP contribution is 2.31. The van der Waals surface area contributed by atoms with Crippen molar-refractivity contribution in [3.63, 3.8) is 0 Å². The van der Waals surface area contributed by atoms with Crippen LogP contribution in [0.25, 0.3) is 0 Å². The molecule has 2 atom stereocenters. The van der Waals surface area contributed by atoms with E-state index in [0.717, 1.165) is 19.7 Å². The minimum absolute atomic E-state index is 0.342. The maximum Gasteiger partial charge on any atom is 0.0730 e. The predicted octanol–water partition coefficient (Wildman–Crippen LogP) is 2.26. The molecular formula is C15H30N2O. The summed E-state index contributed by atoms with van der Waals surface area (Å²) in [7, 11) is 0. The van der Waals surface area contributed by atoms with Crippen LogP contribution in [0.4, 0.5) is 0 Å². The second kappa shape index (κ2) is 5.89. The van der Waals surface area contributed by atoms with Crippen molar-refractivity contribution in [2.75, 3.05) is 26.2 Å². The number of nitrogens with zero attached hydrogens (tertiary/aromatic N) is 1. The molecule has 0 bridgehead atoms. The molecule has 1 aliphatic heterocycles. The fourth-order valence-electron chi connectivity index (χ4n) is 3.29. The second-order valence-corrected chi connectivity index (χ2v) is 7.08. The highest BCUT2D eigenvalue weighted by atomic mass is 16.5. The van der Waals surface area contributed by atoms with E-state index in [9.17, 15) is 0 Å². The molecule has 1 heterocycles. The zero-order valence-corrected chi connectivity index (χ0v) is 12.5. The third-order valence-corrected chi connectivity index (χ3v) is 4.22. The summed E-state index contributed by atoms with van der Waals surface area (Å²) >= 11 is 0. The minimum Gasteiger partial charge on any atom is -0.375 e. The molecule has 3 nitrogen and oxygen atoms in total. The molecule has 1 saturated carbocycles. The van der Waals surface area contributed by atoms with Crippen molar-refractivity contribution in [2.24, 2.45) is 5.41 Å². The van der Waals surface area contributed by atoms with Crippen LogP contribution >= 0.6 is 0 Å². The van der Waals surface area contributed by atoms with E-state index >= 15 is 0 Å². The topological polar surface area (TPSA) is 24.5 Å². The number of nitrogens with one attached hydrogen (secondary N) is 1. The maximum absolute atomic E-state index is 5.89. The van der Waals surface area contributed by atoms with Crippen LogP contribution in [0.3, 0.4) is 0 Å². The van der Waals surface area contributed by atoms with Crippen molar-refractivity contribution in [1.29, 1.82) is 0 Å². The van der Waals surface area contributed by atoms with Gasteiger partial charge in [0.1, 0.15) is 0 Å². The number of hydrogen-bond acceptors (Lipinski definition) is 3. The van der Waals surface area contributed by atoms with Gasteiger partial charge in [0.2, 0.25) is 0 Å². The lowest BCUT2D eigenvalue weighted by atomic mass is 9.91. The third kappa shape index (κ3) is 3.69. The van der Waals surface area contributed by atoms with Gasteiger partial charge in [0.05, 0.1) is 12.7 Å². The van der Waals surface area contributed by atoms with Gasteiger partial charge >= 0.3 is 0 Å². The molecule has 2 fully saturated rings. The van der Waals surface area contributed by atoms with Gasteiger partial charge in [-0.15, -0.1) is 0 Å². The van der Waals surface area contributed by atoms with Gasteiger partial charge < -0.3 is 10.1 Å². The van der Waals surface area contributed by atoms with E-state index in [1.807, 2.05) is 0 Å². The van der Waals surface area contributed by atoms with Crippen LogP contribution < -0.4 is 5.32 Å². The standard InChI is InChI=1S/C15H30N2O/c1-12(2)16-10-15(3,4)11-17-8-9-18-14-7-5-6-13(14)17/h12-14,16H,5-11H2,1-4H3. The molecule has 106 valence electrons. The van der Waals surface area contributed by atoms with Gasteiger partial charge in [-0.25, -0.2) is 0 Å². The molecule has 18 heavy (non-hydrogen) atoms. The Kier molecular flexibility index (Phi) is 4.68. The van der Waals surface area contributed by atoms with Crippen molar-refractivity contribution in [3.8, 4) is 0 Å². The summed E-state index contributed by atoms with van der Waals surface area (Å²) in [5.41, 5.74) is 0.342. The first-order chi connectivity index (χ1) is 8.48. The highest BCUT2D eigenvalue weighted by Gasteiger charge is 2.37. The van der Waals surface area contributed by atoms with Gasteiger partial charge in [0.15, 0.2) is 0 Å². The molecule has 2 aliphatic rings. The van der Waals surface area contributed by atoms with Gasteiger partial charge in [-0.1, -0.05) is 27.7 Å². The van der Waals surface area contributed by atoms with Gasteiger partial charge in [-0.3, -0.25) is 4.90 Å². The Labute approximate surface area is 112 Å². The maximum atomic E-state index is 5.89. The number of fused-ring (bicyclic) bond motifs is 1. The van der Waals surface area contributed by atoms with E-state index in [-0.39, 0.29) is 0 Å². The quantitative estimate of drug-likeness (QED) is 0.814. The van der Waals surface area contributed by atoms with Crippen molar-refractivity contribution >= 4 is 0 Å². The lowest BCUT2D eigenvalue weighted by molar-refractivity contribution is -0.0658. The van der Waals surface area contributed by atoms with Crippen molar-refractivity contribution in [1.82, 2.24) is 10.2 Å². The van der Waals surface area contributed by atoms with Gasteiger partial charge in [-0.2, -0.15) is 0 Å². The van der Waals surface area contributed by atoms with Crippen LogP contribution in [0.2, 0.25) is 0 Å². The molecule has 1 saturated heterocycles. The average molecular weight is 254 g/mol. The number of rotatable bonds is 5. The Morgan fingerprint density at radius 1 is 1.33 bits per heavy atom. The lowest BCUT2D eigenvalue weighted by Gasteiger charge is -2.42. The van der Waals surface area contributed by atoms with Crippen LogP contribution in [-0.4, -0.2) is 49.3 Å². The second-order valence-electron chi connectivity index (χ2n) is 7.08. The fourth-order valence-corrected chi connectivity index (χ4v) is 3.29. The van der Waals surface area contributed by atoms with Gasteiger partial charge in [0, 0.05) is 31.7 Å². The Bertz CT molecular complexity index is 265. The monoisotopic (exact) mass is 254 g/mol. The molecule has 1 N–H and O–H groups in total. The average Bonchev–Trinajstić information content (AvgIpc) is 2.75. The number of ether oxygens (including phenoxy) is 1. The summed E-state index contributed by atoms with van der Waals surface area (Å²) in [6, 6.07) is 1.27. The smallest absolute Gasteiger partial charge is 0.0730 e. The number of hydrogen-bond donors (Lipinski definition) is 1. The molecular weight excluding hydrogens is 224 g/mol. The van der Waals surface area contributed by atoms with Crippen LogP contribution in [-0.2, 0) is 4.74 Å². The molecule has 0 spiro atoms. The van der Waals surface area contributed by atoms with Gasteiger partial charge in [-0.05, 0) is 24.7 Å². The van der Waals surface area contributed by atoms with Gasteiger partial charge in [0.25, 0.3) is 0 Å². The molecule has 0 aromatic rings. The van der Waals surface area contributed by atoms with E-state index in [2.05, 4.69) is 37.9 Å². The fraction of sp³-hybridized carbons (Fsp3) is 1.00. The zero-order valence-electron chi connectivity index (χ0n) is 12.5. The Balaban J connectivity index is 1.87. The summed E-state index contributed by atoms with van der Waals surface area (Å²) in [6.45, 7) is 13.5. The molecule has 0 amide bonds. The van der Waals surface area contributed by atoms with Crippen LogP contribution in [0.1, 0.15) is 47.0 Å². The van der Waals surface area contributed by atoms with E-state index in [4.69, 9.17) is 4.74 Å². The van der Waals surface area contributed by atoms with E-state index in [1.165, 1.54) is 25.8 Å².